The highest BCUT2D eigenvalue weighted by molar-refractivity contribution is 6.04. The Kier molecular flexibility index (Phi) is 5.53. The summed E-state index contributed by atoms with van der Waals surface area (Å²) in [5.74, 6) is 0.173. The smallest absolute Gasteiger partial charge is 0.257 e. The Labute approximate surface area is 190 Å². The standard InChI is InChI=1S/C26H32N4O2/c1-3-29-23-18-20(10-11-22(23)26(32)30-12-5-4-9-24(29)30)25(31)28-15-13-27(14-16-28)21-8-6-7-19(2)17-21/h6-8,10-11,17-18,24H,3-5,9,12-16H2,1-2H3/t24-/m0/s1. The van der Waals surface area contributed by atoms with Crippen LogP contribution in [0.2, 0.25) is 0 Å². The molecular formula is C26H32N4O2. The van der Waals surface area contributed by atoms with Crippen LogP contribution >= 0.6 is 0 Å². The molecule has 0 aliphatic carbocycles. The summed E-state index contributed by atoms with van der Waals surface area (Å²) in [6, 6.07) is 14.2. The number of amides is 2. The van der Waals surface area contributed by atoms with Gasteiger partial charge in [0.1, 0.15) is 6.17 Å². The Hall–Kier alpha value is -3.02. The summed E-state index contributed by atoms with van der Waals surface area (Å²) in [6.45, 7) is 8.96. The van der Waals surface area contributed by atoms with Crippen LogP contribution in [0.25, 0.3) is 0 Å². The van der Waals surface area contributed by atoms with Crippen LogP contribution in [0, 0.1) is 6.92 Å². The lowest BCUT2D eigenvalue weighted by atomic mass is 9.97. The third-order valence-corrected chi connectivity index (χ3v) is 7.15. The van der Waals surface area contributed by atoms with E-state index in [-0.39, 0.29) is 18.0 Å². The minimum atomic E-state index is 0.0614. The van der Waals surface area contributed by atoms with Crippen molar-refractivity contribution >= 4 is 23.2 Å². The van der Waals surface area contributed by atoms with Crippen molar-refractivity contribution in [2.75, 3.05) is 49.1 Å². The normalized spacial score (nSPS) is 20.8. The van der Waals surface area contributed by atoms with E-state index < -0.39 is 0 Å². The van der Waals surface area contributed by atoms with E-state index in [4.69, 9.17) is 0 Å². The molecule has 3 aliphatic heterocycles. The third kappa shape index (κ3) is 3.61. The van der Waals surface area contributed by atoms with Gasteiger partial charge >= 0.3 is 0 Å². The van der Waals surface area contributed by atoms with Crippen LogP contribution in [0.5, 0.6) is 0 Å². The van der Waals surface area contributed by atoms with Gasteiger partial charge in [0.2, 0.25) is 0 Å². The van der Waals surface area contributed by atoms with E-state index in [0.717, 1.165) is 56.7 Å². The van der Waals surface area contributed by atoms with Gasteiger partial charge < -0.3 is 19.6 Å². The number of fused-ring (bicyclic) bond motifs is 2. The minimum Gasteiger partial charge on any atom is -0.368 e. The molecule has 1 atom stereocenters. The quantitative estimate of drug-likeness (QED) is 0.741. The molecule has 2 aromatic carbocycles. The van der Waals surface area contributed by atoms with Crippen LogP contribution in [0.1, 0.15) is 52.5 Å². The molecule has 0 unspecified atom stereocenters. The molecule has 168 valence electrons. The van der Waals surface area contributed by atoms with Crippen molar-refractivity contribution in [1.29, 1.82) is 0 Å². The van der Waals surface area contributed by atoms with Crippen LogP contribution in [0.3, 0.4) is 0 Å². The topological polar surface area (TPSA) is 47.1 Å². The fraction of sp³-hybridized carbons (Fsp3) is 0.462. The molecule has 5 rings (SSSR count). The van der Waals surface area contributed by atoms with Crippen molar-refractivity contribution in [1.82, 2.24) is 9.80 Å². The fourth-order valence-corrected chi connectivity index (χ4v) is 5.43. The molecule has 0 spiro atoms. The van der Waals surface area contributed by atoms with Gasteiger partial charge in [-0.05, 0) is 69.0 Å². The zero-order chi connectivity index (χ0) is 22.2. The fourth-order valence-electron chi connectivity index (χ4n) is 5.43. The summed E-state index contributed by atoms with van der Waals surface area (Å²) in [5.41, 5.74) is 4.81. The maximum atomic E-state index is 13.3. The molecule has 0 saturated carbocycles. The number of anilines is 2. The van der Waals surface area contributed by atoms with E-state index in [1.165, 1.54) is 11.3 Å². The van der Waals surface area contributed by atoms with Gasteiger partial charge in [-0.1, -0.05) is 12.1 Å². The molecule has 6 heteroatoms. The Morgan fingerprint density at radius 2 is 1.81 bits per heavy atom. The van der Waals surface area contributed by atoms with Crippen molar-refractivity contribution in [2.45, 2.75) is 39.3 Å². The van der Waals surface area contributed by atoms with Gasteiger partial charge in [0.25, 0.3) is 11.8 Å². The predicted octanol–water partition coefficient (Wildman–Crippen LogP) is 3.75. The number of rotatable bonds is 3. The van der Waals surface area contributed by atoms with Gasteiger partial charge in [-0.3, -0.25) is 9.59 Å². The summed E-state index contributed by atoms with van der Waals surface area (Å²) in [7, 11) is 0. The predicted molar refractivity (Wildman–Crippen MR) is 127 cm³/mol. The molecule has 3 heterocycles. The highest BCUT2D eigenvalue weighted by Crippen LogP contribution is 2.36. The monoisotopic (exact) mass is 432 g/mol. The zero-order valence-electron chi connectivity index (χ0n) is 19.1. The molecule has 0 radical (unpaired) electrons. The Balaban J connectivity index is 1.34. The van der Waals surface area contributed by atoms with Gasteiger partial charge in [0.05, 0.1) is 11.3 Å². The number of carbonyl (C=O) groups excluding carboxylic acids is 2. The molecule has 3 aliphatic rings. The Morgan fingerprint density at radius 1 is 1.00 bits per heavy atom. The molecule has 2 amide bonds. The van der Waals surface area contributed by atoms with Gasteiger partial charge in [0, 0.05) is 50.5 Å². The number of hydrogen-bond acceptors (Lipinski definition) is 4. The summed E-state index contributed by atoms with van der Waals surface area (Å²) in [6.07, 6.45) is 3.33. The first kappa shape index (κ1) is 20.9. The SMILES string of the molecule is CCN1c2cc(C(=O)N3CCN(c4cccc(C)c4)CC3)ccc2C(=O)N2CCCC[C@H]21. The van der Waals surface area contributed by atoms with E-state index in [1.807, 2.05) is 28.0 Å². The average molecular weight is 433 g/mol. The van der Waals surface area contributed by atoms with Gasteiger partial charge in [0.15, 0.2) is 0 Å². The molecule has 32 heavy (non-hydrogen) atoms. The number of piperidine rings is 1. The van der Waals surface area contributed by atoms with E-state index in [0.29, 0.717) is 18.7 Å². The molecule has 2 aromatic rings. The van der Waals surface area contributed by atoms with Crippen LogP contribution in [-0.4, -0.2) is 67.0 Å². The van der Waals surface area contributed by atoms with E-state index >= 15 is 0 Å². The van der Waals surface area contributed by atoms with E-state index in [9.17, 15) is 9.59 Å². The first-order valence-corrected chi connectivity index (χ1v) is 11.9. The van der Waals surface area contributed by atoms with Crippen molar-refractivity contribution < 1.29 is 9.59 Å². The maximum Gasteiger partial charge on any atom is 0.257 e. The maximum absolute atomic E-state index is 13.3. The summed E-state index contributed by atoms with van der Waals surface area (Å²) in [5, 5.41) is 0. The summed E-state index contributed by atoms with van der Waals surface area (Å²) >= 11 is 0. The second kappa shape index (κ2) is 8.49. The van der Waals surface area contributed by atoms with E-state index in [1.54, 1.807) is 0 Å². The molecule has 2 fully saturated rings. The summed E-state index contributed by atoms with van der Waals surface area (Å²) in [4.78, 5) is 35.0. The highest BCUT2D eigenvalue weighted by atomic mass is 16.2. The number of piperazine rings is 1. The lowest BCUT2D eigenvalue weighted by Gasteiger charge is -2.47. The highest BCUT2D eigenvalue weighted by Gasteiger charge is 2.38. The third-order valence-electron chi connectivity index (χ3n) is 7.15. The van der Waals surface area contributed by atoms with Crippen molar-refractivity contribution in [3.63, 3.8) is 0 Å². The number of benzene rings is 2. The lowest BCUT2D eigenvalue weighted by molar-refractivity contribution is 0.0581. The van der Waals surface area contributed by atoms with Gasteiger partial charge in [-0.25, -0.2) is 0 Å². The largest absolute Gasteiger partial charge is 0.368 e. The number of nitrogens with zero attached hydrogens (tertiary/aromatic N) is 4. The van der Waals surface area contributed by atoms with Crippen molar-refractivity contribution in [3.8, 4) is 0 Å². The first-order chi connectivity index (χ1) is 15.6. The Morgan fingerprint density at radius 3 is 2.56 bits per heavy atom. The van der Waals surface area contributed by atoms with Crippen molar-refractivity contribution in [2.24, 2.45) is 0 Å². The second-order valence-electron chi connectivity index (χ2n) is 9.11. The molecule has 0 aromatic heterocycles. The lowest BCUT2D eigenvalue weighted by Crippen LogP contribution is -2.57. The van der Waals surface area contributed by atoms with Gasteiger partial charge in [-0.2, -0.15) is 0 Å². The summed E-state index contributed by atoms with van der Waals surface area (Å²) < 4.78 is 0. The number of aryl methyl sites for hydroxylation is 1. The molecule has 0 N–H and O–H groups in total. The molecule has 6 nitrogen and oxygen atoms in total. The zero-order valence-corrected chi connectivity index (χ0v) is 19.1. The Bertz CT molecular complexity index is 1030. The first-order valence-electron chi connectivity index (χ1n) is 11.9. The van der Waals surface area contributed by atoms with Crippen LogP contribution in [0.4, 0.5) is 11.4 Å². The van der Waals surface area contributed by atoms with Crippen LogP contribution < -0.4 is 9.80 Å². The molecule has 2 saturated heterocycles. The van der Waals surface area contributed by atoms with Crippen molar-refractivity contribution in [3.05, 3.63) is 59.2 Å². The molecule has 0 bridgehead atoms. The minimum absolute atomic E-state index is 0.0614. The van der Waals surface area contributed by atoms with Gasteiger partial charge in [-0.15, -0.1) is 0 Å². The number of carbonyl (C=O) groups is 2. The number of hydrogen-bond donors (Lipinski definition) is 0. The van der Waals surface area contributed by atoms with Crippen LogP contribution in [0.15, 0.2) is 42.5 Å². The molecular weight excluding hydrogens is 400 g/mol. The average Bonchev–Trinajstić information content (AvgIpc) is 2.84. The second-order valence-corrected chi connectivity index (χ2v) is 9.11. The van der Waals surface area contributed by atoms with Crippen LogP contribution in [-0.2, 0) is 0 Å². The van der Waals surface area contributed by atoms with E-state index in [2.05, 4.69) is 47.9 Å².